The average molecular weight is 272 g/mol. The third-order valence-electron chi connectivity index (χ3n) is 3.98. The number of thiophene rings is 1. The molecule has 1 fully saturated rings. The Morgan fingerprint density at radius 2 is 1.89 bits per heavy atom. The normalized spacial score (nSPS) is 16.7. The maximum Gasteiger partial charge on any atom is 0.0274 e. The predicted molar refractivity (Wildman–Crippen MR) is 81.3 cm³/mol. The van der Waals surface area contributed by atoms with Gasteiger partial charge in [-0.3, -0.25) is 4.98 Å². The van der Waals surface area contributed by atoms with Crippen LogP contribution in [0, 0.1) is 0 Å². The maximum absolute atomic E-state index is 5.84. The highest BCUT2D eigenvalue weighted by atomic mass is 32.1. The van der Waals surface area contributed by atoms with E-state index in [0.717, 1.165) is 5.92 Å². The van der Waals surface area contributed by atoms with Crippen LogP contribution in [0.2, 0.25) is 0 Å². The molecule has 1 aliphatic carbocycles. The smallest absolute Gasteiger partial charge is 0.0274 e. The lowest BCUT2D eigenvalue weighted by molar-refractivity contribution is 0.449. The topological polar surface area (TPSA) is 38.9 Å². The fourth-order valence-electron chi connectivity index (χ4n) is 2.98. The monoisotopic (exact) mass is 272 g/mol. The summed E-state index contributed by atoms with van der Waals surface area (Å²) in [6.45, 7) is 0.648. The van der Waals surface area contributed by atoms with Crippen LogP contribution in [0.4, 0.5) is 0 Å². The van der Waals surface area contributed by atoms with Gasteiger partial charge in [0.1, 0.15) is 0 Å². The summed E-state index contributed by atoms with van der Waals surface area (Å²) in [5, 5.41) is 0. The molecule has 0 aliphatic heterocycles. The number of aromatic nitrogens is 1. The standard InChI is InChI=1S/C16H20N2S/c17-11-14-10-15(12-6-8-18-9-7-12)16(19-14)13-4-2-1-3-5-13/h6-10,13H,1-5,11,17H2. The van der Waals surface area contributed by atoms with Crippen molar-refractivity contribution in [3.63, 3.8) is 0 Å². The molecule has 2 heterocycles. The number of hydrogen-bond donors (Lipinski definition) is 1. The number of nitrogens with zero attached hydrogens (tertiary/aromatic N) is 1. The summed E-state index contributed by atoms with van der Waals surface area (Å²) < 4.78 is 0. The van der Waals surface area contributed by atoms with Gasteiger partial charge in [0, 0.05) is 28.7 Å². The van der Waals surface area contributed by atoms with Crippen LogP contribution >= 0.6 is 11.3 Å². The van der Waals surface area contributed by atoms with Crippen LogP contribution < -0.4 is 5.73 Å². The lowest BCUT2D eigenvalue weighted by Gasteiger charge is -2.21. The van der Waals surface area contributed by atoms with Gasteiger partial charge in [0.2, 0.25) is 0 Å². The minimum Gasteiger partial charge on any atom is -0.326 e. The van der Waals surface area contributed by atoms with E-state index in [0.29, 0.717) is 6.54 Å². The summed E-state index contributed by atoms with van der Waals surface area (Å²) in [5.41, 5.74) is 8.51. The molecule has 0 bridgehead atoms. The SMILES string of the molecule is NCc1cc(-c2ccncc2)c(C2CCCCC2)s1. The molecule has 19 heavy (non-hydrogen) atoms. The molecule has 1 saturated carbocycles. The Bertz CT molecular complexity index is 527. The zero-order valence-electron chi connectivity index (χ0n) is 11.1. The molecule has 3 rings (SSSR count). The van der Waals surface area contributed by atoms with Crippen molar-refractivity contribution in [2.75, 3.05) is 0 Å². The van der Waals surface area contributed by atoms with E-state index in [9.17, 15) is 0 Å². The van der Waals surface area contributed by atoms with Gasteiger partial charge in [-0.1, -0.05) is 19.3 Å². The second-order valence-electron chi connectivity index (χ2n) is 5.27. The fraction of sp³-hybridized carbons (Fsp3) is 0.438. The lowest BCUT2D eigenvalue weighted by atomic mass is 9.86. The highest BCUT2D eigenvalue weighted by Crippen LogP contribution is 2.42. The fourth-order valence-corrected chi connectivity index (χ4v) is 4.22. The Hall–Kier alpha value is -1.19. The molecule has 2 nitrogen and oxygen atoms in total. The van der Waals surface area contributed by atoms with Gasteiger partial charge in [-0.15, -0.1) is 11.3 Å². The van der Waals surface area contributed by atoms with Crippen molar-refractivity contribution in [2.24, 2.45) is 5.73 Å². The molecule has 0 atom stereocenters. The first-order valence-corrected chi connectivity index (χ1v) is 7.93. The molecule has 3 heteroatoms. The van der Waals surface area contributed by atoms with Gasteiger partial charge in [0.15, 0.2) is 0 Å². The molecule has 1 aliphatic rings. The van der Waals surface area contributed by atoms with Crippen LogP contribution in [-0.2, 0) is 6.54 Å². The van der Waals surface area contributed by atoms with Crippen LogP contribution in [0.3, 0.4) is 0 Å². The average Bonchev–Trinajstić information content (AvgIpc) is 2.93. The van der Waals surface area contributed by atoms with Gasteiger partial charge in [-0.25, -0.2) is 0 Å². The van der Waals surface area contributed by atoms with Crippen LogP contribution in [0.25, 0.3) is 11.1 Å². The first-order chi connectivity index (χ1) is 9.38. The van der Waals surface area contributed by atoms with E-state index in [2.05, 4.69) is 23.2 Å². The molecule has 100 valence electrons. The summed E-state index contributed by atoms with van der Waals surface area (Å²) in [6, 6.07) is 6.49. The number of nitrogens with two attached hydrogens (primary N) is 1. The molecule has 0 radical (unpaired) electrons. The Labute approximate surface area is 118 Å². The predicted octanol–water partition coefficient (Wildman–Crippen LogP) is 4.32. The zero-order valence-corrected chi connectivity index (χ0v) is 12.0. The van der Waals surface area contributed by atoms with E-state index in [1.54, 1.807) is 4.88 Å². The van der Waals surface area contributed by atoms with E-state index in [1.165, 1.54) is 48.1 Å². The van der Waals surface area contributed by atoms with E-state index in [-0.39, 0.29) is 0 Å². The van der Waals surface area contributed by atoms with Crippen molar-refractivity contribution < 1.29 is 0 Å². The summed E-state index contributed by atoms with van der Waals surface area (Å²) >= 11 is 1.92. The first kappa shape index (κ1) is 12.8. The number of pyridine rings is 1. The first-order valence-electron chi connectivity index (χ1n) is 7.11. The van der Waals surface area contributed by atoms with Gasteiger partial charge < -0.3 is 5.73 Å². The van der Waals surface area contributed by atoms with Crippen molar-refractivity contribution in [1.82, 2.24) is 4.98 Å². The van der Waals surface area contributed by atoms with Crippen molar-refractivity contribution >= 4 is 11.3 Å². The van der Waals surface area contributed by atoms with Crippen molar-refractivity contribution in [3.8, 4) is 11.1 Å². The highest BCUT2D eigenvalue weighted by Gasteiger charge is 2.21. The second-order valence-corrected chi connectivity index (χ2v) is 6.43. The quantitative estimate of drug-likeness (QED) is 0.904. The van der Waals surface area contributed by atoms with Gasteiger partial charge in [-0.05, 0) is 48.1 Å². The summed E-state index contributed by atoms with van der Waals surface area (Å²) in [7, 11) is 0. The Kier molecular flexibility index (Phi) is 3.95. The molecule has 0 unspecified atom stereocenters. The largest absolute Gasteiger partial charge is 0.326 e. The van der Waals surface area contributed by atoms with Gasteiger partial charge in [-0.2, -0.15) is 0 Å². The summed E-state index contributed by atoms with van der Waals surface area (Å²) in [5.74, 6) is 0.738. The number of rotatable bonds is 3. The molecular formula is C16H20N2S. The third-order valence-corrected chi connectivity index (χ3v) is 5.30. The lowest BCUT2D eigenvalue weighted by Crippen LogP contribution is -2.03. The van der Waals surface area contributed by atoms with Gasteiger partial charge >= 0.3 is 0 Å². The second kappa shape index (κ2) is 5.85. The van der Waals surface area contributed by atoms with E-state index >= 15 is 0 Å². The minimum absolute atomic E-state index is 0.648. The minimum atomic E-state index is 0.648. The Morgan fingerprint density at radius 3 is 2.58 bits per heavy atom. The van der Waals surface area contributed by atoms with E-state index in [1.807, 2.05) is 23.7 Å². The molecule has 0 saturated heterocycles. The molecule has 2 N–H and O–H groups in total. The van der Waals surface area contributed by atoms with Crippen molar-refractivity contribution in [3.05, 3.63) is 40.3 Å². The Morgan fingerprint density at radius 1 is 1.16 bits per heavy atom. The number of hydrogen-bond acceptors (Lipinski definition) is 3. The molecule has 2 aromatic rings. The Balaban J connectivity index is 2.00. The van der Waals surface area contributed by atoms with Crippen LogP contribution in [0.15, 0.2) is 30.6 Å². The van der Waals surface area contributed by atoms with E-state index in [4.69, 9.17) is 5.73 Å². The van der Waals surface area contributed by atoms with Crippen LogP contribution in [0.1, 0.15) is 47.8 Å². The molecule has 2 aromatic heterocycles. The van der Waals surface area contributed by atoms with Gasteiger partial charge in [0.25, 0.3) is 0 Å². The highest BCUT2D eigenvalue weighted by molar-refractivity contribution is 7.12. The third kappa shape index (κ3) is 2.72. The molecule has 0 aromatic carbocycles. The van der Waals surface area contributed by atoms with Crippen molar-refractivity contribution in [2.45, 2.75) is 44.6 Å². The summed E-state index contributed by atoms with van der Waals surface area (Å²) in [4.78, 5) is 6.96. The van der Waals surface area contributed by atoms with Gasteiger partial charge in [0.05, 0.1) is 0 Å². The van der Waals surface area contributed by atoms with Crippen LogP contribution in [0.5, 0.6) is 0 Å². The van der Waals surface area contributed by atoms with E-state index < -0.39 is 0 Å². The van der Waals surface area contributed by atoms with Crippen LogP contribution in [-0.4, -0.2) is 4.98 Å². The molecular weight excluding hydrogens is 252 g/mol. The summed E-state index contributed by atoms with van der Waals surface area (Å²) in [6.07, 6.45) is 10.6. The van der Waals surface area contributed by atoms with Crippen molar-refractivity contribution in [1.29, 1.82) is 0 Å². The molecule has 0 amide bonds. The maximum atomic E-state index is 5.84. The zero-order chi connectivity index (χ0) is 13.1. The molecule has 0 spiro atoms.